The molecule has 172 valence electrons. The van der Waals surface area contributed by atoms with Gasteiger partial charge in [-0.15, -0.1) is 4.68 Å². The lowest BCUT2D eigenvalue weighted by atomic mass is 10.0. The average Bonchev–Trinajstić information content (AvgIpc) is 2.88. The zero-order valence-corrected chi connectivity index (χ0v) is 18.3. The number of hydrogen-bond acceptors (Lipinski definition) is 6. The number of nitro groups is 1. The van der Waals surface area contributed by atoms with Crippen molar-refractivity contribution < 1.29 is 9.66 Å². The van der Waals surface area contributed by atoms with Crippen LogP contribution in [0.1, 0.15) is 11.1 Å². The maximum absolute atomic E-state index is 12.9. The molecule has 1 aromatic heterocycles. The Hall–Kier alpha value is -5.05. The van der Waals surface area contributed by atoms with E-state index in [0.29, 0.717) is 22.2 Å². The molecule has 0 aliphatic heterocycles. The van der Waals surface area contributed by atoms with Gasteiger partial charge in [-0.05, 0) is 46.7 Å². The molecule has 0 fully saturated rings. The Kier molecular flexibility index (Phi) is 5.64. The predicted octanol–water partition coefficient (Wildman–Crippen LogP) is 4.21. The highest BCUT2D eigenvalue weighted by atomic mass is 16.6. The highest BCUT2D eigenvalue weighted by Gasteiger charge is 2.11. The number of para-hydroxylation sites is 1. The fourth-order valence-corrected chi connectivity index (χ4v) is 3.78. The Morgan fingerprint density at radius 1 is 0.914 bits per heavy atom. The number of aromatic amines is 1. The van der Waals surface area contributed by atoms with Crippen molar-refractivity contribution in [1.29, 1.82) is 0 Å². The van der Waals surface area contributed by atoms with Gasteiger partial charge in [0.05, 0.1) is 22.0 Å². The van der Waals surface area contributed by atoms with Crippen LogP contribution in [0.5, 0.6) is 5.75 Å². The summed E-state index contributed by atoms with van der Waals surface area (Å²) in [6, 6.07) is 24.1. The third kappa shape index (κ3) is 4.30. The monoisotopic (exact) mass is 466 g/mol. The maximum atomic E-state index is 12.9. The molecule has 0 atom stereocenters. The lowest BCUT2D eigenvalue weighted by Crippen LogP contribution is -2.32. The highest BCUT2D eigenvalue weighted by molar-refractivity contribution is 6.02. The van der Waals surface area contributed by atoms with Crippen LogP contribution in [-0.4, -0.2) is 20.8 Å². The lowest BCUT2D eigenvalue weighted by Gasteiger charge is -2.12. The quantitative estimate of drug-likeness (QED) is 0.228. The van der Waals surface area contributed by atoms with Crippen molar-refractivity contribution in [1.82, 2.24) is 9.66 Å². The van der Waals surface area contributed by atoms with Gasteiger partial charge >= 0.3 is 5.69 Å². The molecule has 9 heteroatoms. The van der Waals surface area contributed by atoms with Gasteiger partial charge in [0.15, 0.2) is 0 Å². The second-order valence-corrected chi connectivity index (χ2v) is 7.75. The molecule has 0 spiro atoms. The van der Waals surface area contributed by atoms with Crippen LogP contribution in [-0.2, 0) is 6.61 Å². The van der Waals surface area contributed by atoms with Crippen LogP contribution in [0.2, 0.25) is 0 Å². The number of fused-ring (bicyclic) bond motifs is 2. The number of non-ortho nitro benzene ring substituents is 1. The Balaban J connectivity index is 1.54. The van der Waals surface area contributed by atoms with E-state index in [1.807, 2.05) is 30.3 Å². The van der Waals surface area contributed by atoms with Gasteiger partial charge in [-0.25, -0.2) is 4.79 Å². The average molecular weight is 466 g/mol. The van der Waals surface area contributed by atoms with Gasteiger partial charge in [0.25, 0.3) is 11.2 Å². The van der Waals surface area contributed by atoms with Crippen LogP contribution in [0, 0.1) is 10.1 Å². The maximum Gasteiger partial charge on any atom is 0.349 e. The summed E-state index contributed by atoms with van der Waals surface area (Å²) in [5.74, 6) is 0.482. The van der Waals surface area contributed by atoms with E-state index in [1.165, 1.54) is 18.3 Å². The van der Waals surface area contributed by atoms with Gasteiger partial charge in [-0.3, -0.25) is 14.9 Å². The molecule has 35 heavy (non-hydrogen) atoms. The molecule has 0 aliphatic carbocycles. The standard InChI is InChI=1S/C26H18N4O5/c31-25-21-7-3-4-8-23(21)28-26(32)29(25)27-15-22-20-6-2-1-5-18(20)11-14-24(22)35-16-17-9-12-19(13-10-17)30(33)34/h1-15H,16H2,(H,28,32). The number of H-pyrrole nitrogens is 1. The zero-order valence-electron chi connectivity index (χ0n) is 18.3. The van der Waals surface area contributed by atoms with Crippen molar-refractivity contribution >= 4 is 33.6 Å². The van der Waals surface area contributed by atoms with Crippen LogP contribution in [0.3, 0.4) is 0 Å². The molecule has 0 amide bonds. The first-order valence-corrected chi connectivity index (χ1v) is 10.7. The lowest BCUT2D eigenvalue weighted by molar-refractivity contribution is -0.384. The molecule has 9 nitrogen and oxygen atoms in total. The van der Waals surface area contributed by atoms with E-state index in [-0.39, 0.29) is 12.3 Å². The first-order chi connectivity index (χ1) is 17.0. The summed E-state index contributed by atoms with van der Waals surface area (Å²) >= 11 is 0. The predicted molar refractivity (Wildman–Crippen MR) is 133 cm³/mol. The van der Waals surface area contributed by atoms with E-state index in [1.54, 1.807) is 42.5 Å². The van der Waals surface area contributed by atoms with E-state index < -0.39 is 16.2 Å². The van der Waals surface area contributed by atoms with E-state index in [4.69, 9.17) is 4.74 Å². The number of nitrogens with zero attached hydrogens (tertiary/aromatic N) is 3. The van der Waals surface area contributed by atoms with Gasteiger partial charge in [-0.2, -0.15) is 5.10 Å². The second-order valence-electron chi connectivity index (χ2n) is 7.75. The van der Waals surface area contributed by atoms with Crippen molar-refractivity contribution in [2.75, 3.05) is 0 Å². The third-order valence-electron chi connectivity index (χ3n) is 5.56. The summed E-state index contributed by atoms with van der Waals surface area (Å²) < 4.78 is 6.80. The number of aromatic nitrogens is 2. The Bertz CT molecular complexity index is 1720. The SMILES string of the molecule is O=c1[nH]c2ccccc2c(=O)n1N=Cc1c(OCc2ccc([N+](=O)[O-])cc2)ccc2ccccc12. The molecule has 0 unspecified atom stereocenters. The third-order valence-corrected chi connectivity index (χ3v) is 5.56. The topological polar surface area (TPSA) is 120 Å². The number of nitrogens with one attached hydrogen (secondary N) is 1. The van der Waals surface area contributed by atoms with Gasteiger partial charge in [0.1, 0.15) is 12.4 Å². The number of benzene rings is 4. The summed E-state index contributed by atoms with van der Waals surface area (Å²) in [5, 5.41) is 17.2. The Labute approximate surface area is 197 Å². The number of ether oxygens (including phenoxy) is 1. The molecule has 0 bridgehead atoms. The van der Waals surface area contributed by atoms with Gasteiger partial charge in [0.2, 0.25) is 0 Å². The molecule has 0 aliphatic rings. The molecular formula is C26H18N4O5. The normalized spacial score (nSPS) is 11.3. The first kappa shape index (κ1) is 21.8. The second kappa shape index (κ2) is 9.06. The summed E-state index contributed by atoms with van der Waals surface area (Å²) in [5.41, 5.74) is 0.579. The highest BCUT2D eigenvalue weighted by Crippen LogP contribution is 2.27. The fraction of sp³-hybridized carbons (Fsp3) is 0.0385. The first-order valence-electron chi connectivity index (χ1n) is 10.7. The van der Waals surface area contributed by atoms with Crippen molar-refractivity contribution in [3.05, 3.63) is 127 Å². The van der Waals surface area contributed by atoms with Crippen molar-refractivity contribution in [2.45, 2.75) is 6.61 Å². The minimum absolute atomic E-state index is 0.00155. The van der Waals surface area contributed by atoms with E-state index in [2.05, 4.69) is 10.1 Å². The molecule has 5 aromatic rings. The molecule has 5 rings (SSSR count). The van der Waals surface area contributed by atoms with Gasteiger partial charge in [-0.1, -0.05) is 42.5 Å². The van der Waals surface area contributed by atoms with Crippen LogP contribution in [0.15, 0.2) is 99.6 Å². The van der Waals surface area contributed by atoms with Crippen LogP contribution < -0.4 is 16.0 Å². The van der Waals surface area contributed by atoms with Gasteiger partial charge < -0.3 is 9.72 Å². The van der Waals surface area contributed by atoms with E-state index >= 15 is 0 Å². The molecule has 0 radical (unpaired) electrons. The molecule has 0 saturated heterocycles. The number of rotatable bonds is 6. The number of hydrogen-bond donors (Lipinski definition) is 1. The summed E-state index contributed by atoms with van der Waals surface area (Å²) in [4.78, 5) is 38.5. The van der Waals surface area contributed by atoms with E-state index in [0.717, 1.165) is 21.0 Å². The molecule has 1 N–H and O–H groups in total. The van der Waals surface area contributed by atoms with E-state index in [9.17, 15) is 19.7 Å². The van der Waals surface area contributed by atoms with Crippen LogP contribution >= 0.6 is 0 Å². The minimum Gasteiger partial charge on any atom is -0.488 e. The Morgan fingerprint density at radius 2 is 1.63 bits per heavy atom. The van der Waals surface area contributed by atoms with Crippen LogP contribution in [0.4, 0.5) is 5.69 Å². The van der Waals surface area contributed by atoms with Crippen molar-refractivity contribution in [3.63, 3.8) is 0 Å². The van der Waals surface area contributed by atoms with Crippen molar-refractivity contribution in [2.24, 2.45) is 5.10 Å². The fourth-order valence-electron chi connectivity index (χ4n) is 3.78. The molecule has 0 saturated carbocycles. The Morgan fingerprint density at radius 3 is 2.40 bits per heavy atom. The summed E-state index contributed by atoms with van der Waals surface area (Å²) in [6.45, 7) is 0.160. The smallest absolute Gasteiger partial charge is 0.349 e. The van der Waals surface area contributed by atoms with Crippen LogP contribution in [0.25, 0.3) is 21.7 Å². The van der Waals surface area contributed by atoms with Crippen molar-refractivity contribution in [3.8, 4) is 5.75 Å². The zero-order chi connectivity index (χ0) is 24.4. The number of nitro benzene ring substituents is 1. The molecule has 4 aromatic carbocycles. The molecule has 1 heterocycles. The minimum atomic E-state index is -0.654. The summed E-state index contributed by atoms with van der Waals surface area (Å²) in [7, 11) is 0. The largest absolute Gasteiger partial charge is 0.488 e. The summed E-state index contributed by atoms with van der Waals surface area (Å²) in [6.07, 6.45) is 1.43. The molecular weight excluding hydrogens is 448 g/mol. The van der Waals surface area contributed by atoms with Gasteiger partial charge in [0, 0.05) is 17.7 Å².